The molecular formula is C27H30ClN3O2. The van der Waals surface area contributed by atoms with E-state index in [9.17, 15) is 9.59 Å². The Labute approximate surface area is 201 Å². The van der Waals surface area contributed by atoms with Crippen LogP contribution in [0.3, 0.4) is 0 Å². The van der Waals surface area contributed by atoms with Gasteiger partial charge in [-0.3, -0.25) is 9.59 Å². The number of halogens is 1. The van der Waals surface area contributed by atoms with Crippen LogP contribution in [0.1, 0.15) is 51.2 Å². The third-order valence-electron chi connectivity index (χ3n) is 6.72. The van der Waals surface area contributed by atoms with Crippen molar-refractivity contribution in [1.82, 2.24) is 14.8 Å². The molecule has 5 nitrogen and oxygen atoms in total. The van der Waals surface area contributed by atoms with Crippen LogP contribution in [0.25, 0.3) is 0 Å². The van der Waals surface area contributed by atoms with Gasteiger partial charge in [0.05, 0.1) is 5.69 Å². The minimum atomic E-state index is 0. The molecule has 1 fully saturated rings. The number of benzene rings is 2. The van der Waals surface area contributed by atoms with E-state index >= 15 is 0 Å². The average molecular weight is 464 g/mol. The Balaban J connectivity index is 0.00000259. The number of carbonyl (C=O) groups excluding carboxylic acids is 2. The van der Waals surface area contributed by atoms with Crippen molar-refractivity contribution in [3.8, 4) is 0 Å². The maximum atomic E-state index is 13.1. The van der Waals surface area contributed by atoms with Gasteiger partial charge in [0.1, 0.15) is 0 Å². The van der Waals surface area contributed by atoms with Crippen LogP contribution in [0, 0.1) is 5.92 Å². The molecule has 1 amide bonds. The van der Waals surface area contributed by atoms with Crippen LogP contribution in [-0.4, -0.2) is 40.3 Å². The number of piperidine rings is 1. The molecule has 2 aliphatic rings. The molecular weight excluding hydrogens is 434 g/mol. The summed E-state index contributed by atoms with van der Waals surface area (Å²) in [4.78, 5) is 27.8. The third-order valence-corrected chi connectivity index (χ3v) is 6.72. The molecule has 3 aromatic rings. The zero-order valence-corrected chi connectivity index (χ0v) is 19.5. The lowest BCUT2D eigenvalue weighted by atomic mass is 9.89. The van der Waals surface area contributed by atoms with Gasteiger partial charge < -0.3 is 14.8 Å². The average Bonchev–Trinajstić information content (AvgIpc) is 3.39. The van der Waals surface area contributed by atoms with Crippen LogP contribution < -0.4 is 5.32 Å². The fourth-order valence-corrected chi connectivity index (χ4v) is 5.10. The Morgan fingerprint density at radius 3 is 2.61 bits per heavy atom. The van der Waals surface area contributed by atoms with Gasteiger partial charge in [0.15, 0.2) is 5.78 Å². The minimum absolute atomic E-state index is 0. The van der Waals surface area contributed by atoms with Gasteiger partial charge >= 0.3 is 0 Å². The minimum Gasteiger partial charge on any atom is -0.341 e. The summed E-state index contributed by atoms with van der Waals surface area (Å²) in [5.74, 6) is 0.739. The monoisotopic (exact) mass is 463 g/mol. The smallest absolute Gasteiger partial charge is 0.254 e. The molecule has 3 heterocycles. The number of hydrogen-bond acceptors (Lipinski definition) is 3. The lowest BCUT2D eigenvalue weighted by Crippen LogP contribution is -2.43. The Kier molecular flexibility index (Phi) is 7.31. The second-order valence-electron chi connectivity index (χ2n) is 9.02. The predicted octanol–water partition coefficient (Wildman–Crippen LogP) is 4.56. The van der Waals surface area contributed by atoms with Gasteiger partial charge in [0.25, 0.3) is 5.91 Å². The summed E-state index contributed by atoms with van der Waals surface area (Å²) in [6.45, 7) is 3.07. The summed E-state index contributed by atoms with van der Waals surface area (Å²) in [7, 11) is 0. The molecule has 33 heavy (non-hydrogen) atoms. The summed E-state index contributed by atoms with van der Waals surface area (Å²) in [5, 5.41) is 3.53. The van der Waals surface area contributed by atoms with Gasteiger partial charge in [-0.25, -0.2) is 0 Å². The van der Waals surface area contributed by atoms with Crippen LogP contribution in [0.5, 0.6) is 0 Å². The van der Waals surface area contributed by atoms with Crippen LogP contribution in [0.4, 0.5) is 0 Å². The number of nitrogens with one attached hydrogen (secondary N) is 1. The molecule has 0 bridgehead atoms. The summed E-state index contributed by atoms with van der Waals surface area (Å²) < 4.78 is 2.04. The molecule has 5 rings (SSSR count). The number of hydrogen-bond donors (Lipinski definition) is 1. The molecule has 2 aliphatic heterocycles. The van der Waals surface area contributed by atoms with E-state index in [1.165, 1.54) is 5.56 Å². The van der Waals surface area contributed by atoms with Crippen molar-refractivity contribution in [2.75, 3.05) is 13.1 Å². The summed E-state index contributed by atoms with van der Waals surface area (Å²) in [5.41, 5.74) is 3.91. The first-order valence-electron chi connectivity index (χ1n) is 11.5. The number of nitrogens with zero attached hydrogens (tertiary/aromatic N) is 2. The molecule has 0 spiro atoms. The quantitative estimate of drug-likeness (QED) is 0.523. The third kappa shape index (κ3) is 5.21. The molecule has 1 aromatic heterocycles. The zero-order valence-electron chi connectivity index (χ0n) is 18.7. The van der Waals surface area contributed by atoms with E-state index in [1.54, 1.807) is 0 Å². The lowest BCUT2D eigenvalue weighted by Gasteiger charge is -2.32. The topological polar surface area (TPSA) is 54.3 Å². The molecule has 0 aliphatic carbocycles. The van der Waals surface area contributed by atoms with Crippen molar-refractivity contribution in [1.29, 1.82) is 0 Å². The first-order valence-corrected chi connectivity index (χ1v) is 11.5. The van der Waals surface area contributed by atoms with E-state index in [2.05, 4.69) is 17.4 Å². The van der Waals surface area contributed by atoms with Gasteiger partial charge in [-0.15, -0.1) is 12.4 Å². The second-order valence-corrected chi connectivity index (χ2v) is 9.02. The van der Waals surface area contributed by atoms with Gasteiger partial charge in [-0.2, -0.15) is 0 Å². The Bertz CT molecular complexity index is 1110. The van der Waals surface area contributed by atoms with Crippen molar-refractivity contribution >= 4 is 24.1 Å². The maximum absolute atomic E-state index is 13.1. The fraction of sp³-hybridized carbons (Fsp3) is 0.333. The number of carbonyl (C=O) groups is 2. The van der Waals surface area contributed by atoms with Gasteiger partial charge in [0.2, 0.25) is 0 Å². The molecule has 172 valence electrons. The number of rotatable bonds is 7. The van der Waals surface area contributed by atoms with Gasteiger partial charge in [-0.05, 0) is 54.6 Å². The number of Topliss-reactive ketones (excluding diaryl/α,β-unsaturated/α-hetero) is 1. The van der Waals surface area contributed by atoms with E-state index < -0.39 is 0 Å². The Morgan fingerprint density at radius 1 is 1.00 bits per heavy atom. The normalized spacial score (nSPS) is 19.8. The van der Waals surface area contributed by atoms with Crippen LogP contribution in [0.2, 0.25) is 0 Å². The lowest BCUT2D eigenvalue weighted by molar-refractivity contribution is 0.0726. The van der Waals surface area contributed by atoms with Crippen LogP contribution >= 0.6 is 12.4 Å². The number of ketones is 1. The Hall–Kier alpha value is -2.89. The zero-order chi connectivity index (χ0) is 21.9. The molecule has 2 atom stereocenters. The predicted molar refractivity (Wildman–Crippen MR) is 132 cm³/mol. The van der Waals surface area contributed by atoms with E-state index in [0.29, 0.717) is 25.4 Å². The van der Waals surface area contributed by atoms with Crippen LogP contribution in [0.15, 0.2) is 72.9 Å². The molecule has 2 aromatic carbocycles. The van der Waals surface area contributed by atoms with Crippen LogP contribution in [-0.2, 0) is 13.1 Å². The molecule has 0 saturated carbocycles. The molecule has 0 radical (unpaired) electrons. The largest absolute Gasteiger partial charge is 0.341 e. The van der Waals surface area contributed by atoms with Crippen molar-refractivity contribution in [3.05, 3.63) is 95.3 Å². The Morgan fingerprint density at radius 2 is 1.79 bits per heavy atom. The summed E-state index contributed by atoms with van der Waals surface area (Å²) in [6.07, 6.45) is 4.43. The van der Waals surface area contributed by atoms with Crippen molar-refractivity contribution in [2.24, 2.45) is 5.92 Å². The number of aromatic nitrogens is 1. The SMILES string of the molecule is Cl.O=C(CC1CC(CN2Cc3ccccc3C2=O)CCN1)c1cccn1Cc1ccccc1. The van der Waals surface area contributed by atoms with E-state index in [-0.39, 0.29) is 30.1 Å². The van der Waals surface area contributed by atoms with E-state index in [1.807, 2.05) is 70.3 Å². The van der Waals surface area contributed by atoms with E-state index in [0.717, 1.165) is 42.8 Å². The summed E-state index contributed by atoms with van der Waals surface area (Å²) >= 11 is 0. The highest BCUT2D eigenvalue weighted by Gasteiger charge is 2.31. The van der Waals surface area contributed by atoms with Gasteiger partial charge in [-0.1, -0.05) is 48.5 Å². The van der Waals surface area contributed by atoms with Crippen molar-refractivity contribution in [2.45, 2.75) is 38.4 Å². The molecule has 1 saturated heterocycles. The molecule has 2 unspecified atom stereocenters. The van der Waals surface area contributed by atoms with Gasteiger partial charge in [0, 0.05) is 43.9 Å². The maximum Gasteiger partial charge on any atom is 0.254 e. The highest BCUT2D eigenvalue weighted by atomic mass is 35.5. The number of fused-ring (bicyclic) bond motifs is 1. The van der Waals surface area contributed by atoms with Crippen molar-refractivity contribution < 1.29 is 9.59 Å². The first kappa shape index (κ1) is 23.3. The first-order chi connectivity index (χ1) is 15.7. The van der Waals surface area contributed by atoms with E-state index in [4.69, 9.17) is 0 Å². The standard InChI is InChI=1S/C27H29N3O2.ClH/c31-26(25-11-6-14-29(25)17-20-7-2-1-3-8-20)16-23-15-21(12-13-28-23)18-30-19-22-9-4-5-10-24(22)27(30)32;/h1-11,14,21,23,28H,12-13,15-19H2;1H. The second kappa shape index (κ2) is 10.4. The molecule has 1 N–H and O–H groups in total. The number of amides is 1. The molecule has 6 heteroatoms. The highest BCUT2D eigenvalue weighted by molar-refractivity contribution is 5.98. The fourth-order valence-electron chi connectivity index (χ4n) is 5.10. The van der Waals surface area contributed by atoms with Crippen molar-refractivity contribution in [3.63, 3.8) is 0 Å². The highest BCUT2D eigenvalue weighted by Crippen LogP contribution is 2.27. The summed E-state index contributed by atoms with van der Waals surface area (Å²) in [6, 6.07) is 22.1.